The zero-order chi connectivity index (χ0) is 37.7. The first-order chi connectivity index (χ1) is 28.3. The number of hydrogen-bond donors (Lipinski definition) is 0. The molecular weight excluding hydrogens is 693 g/mol. The lowest BCUT2D eigenvalue weighted by molar-refractivity contribution is 0.669. The van der Waals surface area contributed by atoms with Crippen LogP contribution in [-0.2, 0) is 0 Å². The summed E-state index contributed by atoms with van der Waals surface area (Å²) in [7, 11) is 0. The lowest BCUT2D eigenvalue weighted by atomic mass is 9.97. The molecule has 0 aliphatic rings. The highest BCUT2D eigenvalue weighted by molar-refractivity contribution is 6.17. The van der Waals surface area contributed by atoms with Crippen molar-refractivity contribution < 1.29 is 4.42 Å². The highest BCUT2D eigenvalue weighted by Crippen LogP contribution is 2.46. The Balaban J connectivity index is 1.15. The van der Waals surface area contributed by atoms with Crippen molar-refractivity contribution in [2.45, 2.75) is 0 Å². The van der Waals surface area contributed by atoms with Gasteiger partial charge in [0.25, 0.3) is 0 Å². The van der Waals surface area contributed by atoms with Gasteiger partial charge in [-0.15, -0.1) is 0 Å². The smallest absolute Gasteiger partial charge is 0.137 e. The van der Waals surface area contributed by atoms with Crippen LogP contribution in [0.25, 0.3) is 82.8 Å². The first kappa shape index (κ1) is 32.8. The van der Waals surface area contributed by atoms with Crippen LogP contribution in [0.5, 0.6) is 0 Å². The van der Waals surface area contributed by atoms with Crippen LogP contribution in [-0.4, -0.2) is 4.57 Å². The Morgan fingerprint density at radius 2 is 0.912 bits per heavy atom. The molecule has 0 aliphatic heterocycles. The Morgan fingerprint density at radius 1 is 0.351 bits per heavy atom. The van der Waals surface area contributed by atoms with Crippen LogP contribution in [0.1, 0.15) is 0 Å². The maximum absolute atomic E-state index is 6.47. The Bertz CT molecular complexity index is 3220. The van der Waals surface area contributed by atoms with Gasteiger partial charge in [0.05, 0.1) is 16.7 Å². The van der Waals surface area contributed by atoms with Gasteiger partial charge in [-0.3, -0.25) is 0 Å². The summed E-state index contributed by atoms with van der Waals surface area (Å²) in [4.78, 5) is 2.38. The Morgan fingerprint density at radius 3 is 1.70 bits per heavy atom. The van der Waals surface area contributed by atoms with E-state index in [0.29, 0.717) is 0 Å². The lowest BCUT2D eigenvalue weighted by Gasteiger charge is -2.28. The van der Waals surface area contributed by atoms with Gasteiger partial charge in [0.1, 0.15) is 11.2 Å². The van der Waals surface area contributed by atoms with Crippen molar-refractivity contribution in [3.05, 3.63) is 218 Å². The predicted molar refractivity (Wildman–Crippen MR) is 239 cm³/mol. The van der Waals surface area contributed by atoms with Gasteiger partial charge in [0.15, 0.2) is 0 Å². The number of aromatic nitrogens is 1. The van der Waals surface area contributed by atoms with Crippen molar-refractivity contribution in [2.24, 2.45) is 0 Å². The van der Waals surface area contributed by atoms with E-state index in [1.807, 2.05) is 12.1 Å². The Kier molecular flexibility index (Phi) is 7.82. The van der Waals surface area contributed by atoms with Gasteiger partial charge in [-0.2, -0.15) is 0 Å². The molecule has 0 saturated heterocycles. The van der Waals surface area contributed by atoms with Crippen molar-refractivity contribution in [3.63, 3.8) is 0 Å². The van der Waals surface area contributed by atoms with Crippen molar-refractivity contribution >= 4 is 60.8 Å². The SMILES string of the molecule is c1ccc(-c2ccc(-c3cccc4c3c3ccc(N(c5ccc6c(c5)oc5ccccc56)c5ccccc5-c5ccccc5)cc3n4-c3ccccc3)cc2)cc1. The summed E-state index contributed by atoms with van der Waals surface area (Å²) >= 11 is 0. The molecule has 0 aliphatic carbocycles. The van der Waals surface area contributed by atoms with Gasteiger partial charge in [-0.05, 0) is 82.4 Å². The molecule has 0 fully saturated rings. The molecule has 0 radical (unpaired) electrons. The first-order valence-corrected chi connectivity index (χ1v) is 19.4. The summed E-state index contributed by atoms with van der Waals surface area (Å²) in [5.41, 5.74) is 15.4. The minimum atomic E-state index is 0.860. The third-order valence-corrected chi connectivity index (χ3v) is 11.2. The Hall–Kier alpha value is -7.62. The average molecular weight is 729 g/mol. The number of benzene rings is 9. The quantitative estimate of drug-likeness (QED) is 0.163. The summed E-state index contributed by atoms with van der Waals surface area (Å²) in [5.74, 6) is 0. The van der Waals surface area contributed by atoms with Crippen LogP contribution in [0.3, 0.4) is 0 Å². The van der Waals surface area contributed by atoms with Crippen molar-refractivity contribution in [3.8, 4) is 39.1 Å². The number of anilines is 3. The van der Waals surface area contributed by atoms with E-state index < -0.39 is 0 Å². The number of fused-ring (bicyclic) bond motifs is 6. The second-order valence-corrected chi connectivity index (χ2v) is 14.5. The Labute approximate surface area is 330 Å². The summed E-state index contributed by atoms with van der Waals surface area (Å²) < 4.78 is 8.89. The number of nitrogens with zero attached hydrogens (tertiary/aromatic N) is 2. The molecular formula is C54H36N2O. The molecule has 11 aromatic rings. The largest absolute Gasteiger partial charge is 0.456 e. The van der Waals surface area contributed by atoms with E-state index in [0.717, 1.165) is 66.8 Å². The predicted octanol–water partition coefficient (Wildman–Crippen LogP) is 15.2. The molecule has 0 atom stereocenters. The molecule has 0 N–H and O–H groups in total. The molecule has 268 valence electrons. The van der Waals surface area contributed by atoms with Crippen LogP contribution in [0.2, 0.25) is 0 Å². The number of rotatable bonds is 7. The van der Waals surface area contributed by atoms with Crippen molar-refractivity contribution in [1.29, 1.82) is 0 Å². The molecule has 9 aromatic carbocycles. The van der Waals surface area contributed by atoms with Gasteiger partial charge in [0.2, 0.25) is 0 Å². The maximum atomic E-state index is 6.47. The normalized spacial score (nSPS) is 11.5. The monoisotopic (exact) mass is 728 g/mol. The second-order valence-electron chi connectivity index (χ2n) is 14.5. The van der Waals surface area contributed by atoms with E-state index in [9.17, 15) is 0 Å². The van der Waals surface area contributed by atoms with E-state index in [4.69, 9.17) is 4.42 Å². The fourth-order valence-corrected chi connectivity index (χ4v) is 8.57. The summed E-state index contributed by atoms with van der Waals surface area (Å²) in [5, 5.41) is 4.66. The van der Waals surface area contributed by atoms with E-state index >= 15 is 0 Å². The second kappa shape index (κ2) is 13.6. The fourth-order valence-electron chi connectivity index (χ4n) is 8.57. The van der Waals surface area contributed by atoms with Crippen LogP contribution in [0, 0.1) is 0 Å². The number of furan rings is 1. The molecule has 0 saturated carbocycles. The third-order valence-electron chi connectivity index (χ3n) is 11.2. The minimum Gasteiger partial charge on any atom is -0.456 e. The summed E-state index contributed by atoms with van der Waals surface area (Å²) in [6, 6.07) is 78.1. The molecule has 57 heavy (non-hydrogen) atoms. The van der Waals surface area contributed by atoms with Gasteiger partial charge in [0, 0.05) is 50.2 Å². The van der Waals surface area contributed by atoms with Crippen molar-refractivity contribution in [2.75, 3.05) is 4.90 Å². The zero-order valence-electron chi connectivity index (χ0n) is 31.1. The van der Waals surface area contributed by atoms with E-state index in [-0.39, 0.29) is 0 Å². The fraction of sp³-hybridized carbons (Fsp3) is 0. The molecule has 0 amide bonds. The summed E-state index contributed by atoms with van der Waals surface area (Å²) in [6.45, 7) is 0. The third kappa shape index (κ3) is 5.60. The van der Waals surface area contributed by atoms with Crippen LogP contribution in [0.4, 0.5) is 17.1 Å². The van der Waals surface area contributed by atoms with Crippen LogP contribution < -0.4 is 4.90 Å². The maximum Gasteiger partial charge on any atom is 0.137 e. The van der Waals surface area contributed by atoms with Gasteiger partial charge < -0.3 is 13.9 Å². The molecule has 0 spiro atoms. The molecule has 2 aromatic heterocycles. The van der Waals surface area contributed by atoms with E-state index in [1.54, 1.807) is 0 Å². The van der Waals surface area contributed by atoms with E-state index in [1.165, 1.54) is 33.0 Å². The zero-order valence-corrected chi connectivity index (χ0v) is 31.1. The highest BCUT2D eigenvalue weighted by atomic mass is 16.3. The lowest BCUT2D eigenvalue weighted by Crippen LogP contribution is -2.11. The van der Waals surface area contributed by atoms with E-state index in [2.05, 4.69) is 216 Å². The molecule has 0 bridgehead atoms. The topological polar surface area (TPSA) is 21.3 Å². The number of hydrogen-bond acceptors (Lipinski definition) is 2. The van der Waals surface area contributed by atoms with Crippen LogP contribution in [0.15, 0.2) is 223 Å². The van der Waals surface area contributed by atoms with Gasteiger partial charge in [-0.25, -0.2) is 0 Å². The molecule has 0 unspecified atom stereocenters. The summed E-state index contributed by atoms with van der Waals surface area (Å²) in [6.07, 6.45) is 0. The molecule has 11 rings (SSSR count). The average Bonchev–Trinajstić information content (AvgIpc) is 3.83. The van der Waals surface area contributed by atoms with Gasteiger partial charge in [-0.1, -0.05) is 158 Å². The standard InChI is InChI=1S/C54H36N2O/c1-4-15-37(16-5-1)38-27-29-40(30-28-38)45-23-14-25-50-54(45)48-34-32-42(35-51(48)56(50)41-19-8-3-9-20-41)55(49-24-12-10-21-44(49)39-17-6-2-7-18-39)43-31-33-47-46-22-11-13-26-52(46)57-53(47)36-43/h1-36H. The minimum absolute atomic E-state index is 0.860. The van der Waals surface area contributed by atoms with Crippen LogP contribution >= 0.6 is 0 Å². The van der Waals surface area contributed by atoms with Gasteiger partial charge >= 0.3 is 0 Å². The highest BCUT2D eigenvalue weighted by Gasteiger charge is 2.22. The molecule has 3 nitrogen and oxygen atoms in total. The first-order valence-electron chi connectivity index (χ1n) is 19.4. The van der Waals surface area contributed by atoms with Crippen molar-refractivity contribution in [1.82, 2.24) is 4.57 Å². The number of para-hydroxylation sites is 3. The molecule has 3 heteroatoms. The molecule has 2 heterocycles.